The minimum Gasteiger partial charge on any atom is -0.496 e. The third kappa shape index (κ3) is 2.57. The zero-order chi connectivity index (χ0) is 18.5. The largest absolute Gasteiger partial charge is 0.496 e. The van der Waals surface area contributed by atoms with Crippen LogP contribution in [-0.4, -0.2) is 25.5 Å². The highest BCUT2D eigenvalue weighted by Crippen LogP contribution is 2.61. The molecule has 3 aliphatic rings. The van der Waals surface area contributed by atoms with E-state index in [0.29, 0.717) is 29.1 Å². The molecule has 4 nitrogen and oxygen atoms in total. The van der Waals surface area contributed by atoms with E-state index < -0.39 is 0 Å². The summed E-state index contributed by atoms with van der Waals surface area (Å²) < 4.78 is 11.1. The highest BCUT2D eigenvalue weighted by Gasteiger charge is 2.56. The molecule has 26 heavy (non-hydrogen) atoms. The Morgan fingerprint density at radius 1 is 1.23 bits per heavy atom. The summed E-state index contributed by atoms with van der Waals surface area (Å²) in [5.41, 5.74) is 3.45. The molecule has 4 rings (SSSR count). The quantitative estimate of drug-likeness (QED) is 0.599. The highest BCUT2D eigenvalue weighted by atomic mass is 16.5. The van der Waals surface area contributed by atoms with Gasteiger partial charge in [-0.25, -0.2) is 0 Å². The number of aryl methyl sites for hydroxylation is 1. The number of rotatable bonds is 3. The molecular formula is C22H28O4. The Morgan fingerprint density at radius 3 is 2.73 bits per heavy atom. The van der Waals surface area contributed by atoms with E-state index in [2.05, 4.69) is 19.1 Å². The number of hydrogen-bond donors (Lipinski definition) is 0. The van der Waals surface area contributed by atoms with Crippen LogP contribution in [-0.2, 0) is 16.0 Å². The molecule has 1 aromatic carbocycles. The van der Waals surface area contributed by atoms with Crippen molar-refractivity contribution in [1.82, 2.24) is 0 Å². The average Bonchev–Trinajstić information content (AvgIpc) is 2.96. The number of fused-ring (bicyclic) bond motifs is 5. The molecule has 0 spiro atoms. The second-order valence-electron chi connectivity index (χ2n) is 8.55. The molecule has 0 unspecified atom stereocenters. The van der Waals surface area contributed by atoms with Crippen molar-refractivity contribution in [3.63, 3.8) is 0 Å². The van der Waals surface area contributed by atoms with Crippen LogP contribution < -0.4 is 4.74 Å². The molecule has 0 N–H and O–H groups in total. The number of ether oxygens (including phenoxy) is 2. The van der Waals surface area contributed by atoms with Crippen molar-refractivity contribution in [2.75, 3.05) is 7.11 Å². The molecular weight excluding hydrogens is 328 g/mol. The standard InChI is InChI=1S/C22H28O4/c1-13(24)26-21-7-6-19-17-5-4-14-11-20(25-3)15(12-23)10-18(14)16(17)8-9-22(19,21)2/h10-12,16-17,19,21H,4-9H2,1-3H3/t16-,17+,19-,21-,22-/m0/s1. The summed E-state index contributed by atoms with van der Waals surface area (Å²) >= 11 is 0. The zero-order valence-electron chi connectivity index (χ0n) is 15.9. The molecule has 0 aliphatic heterocycles. The number of carbonyl (C=O) groups is 2. The van der Waals surface area contributed by atoms with E-state index in [0.717, 1.165) is 38.4 Å². The smallest absolute Gasteiger partial charge is 0.302 e. The van der Waals surface area contributed by atoms with Gasteiger partial charge in [-0.2, -0.15) is 0 Å². The Kier molecular flexibility index (Phi) is 4.32. The Balaban J connectivity index is 1.66. The van der Waals surface area contributed by atoms with Gasteiger partial charge in [0, 0.05) is 12.3 Å². The van der Waals surface area contributed by atoms with E-state index in [1.54, 1.807) is 7.11 Å². The normalized spacial score (nSPS) is 35.0. The van der Waals surface area contributed by atoms with E-state index in [4.69, 9.17) is 9.47 Å². The Labute approximate surface area is 155 Å². The fraction of sp³-hybridized carbons (Fsp3) is 0.636. The monoisotopic (exact) mass is 356 g/mol. The van der Waals surface area contributed by atoms with Crippen LogP contribution in [0, 0.1) is 17.3 Å². The minimum atomic E-state index is -0.157. The molecule has 4 heteroatoms. The lowest BCUT2D eigenvalue weighted by Crippen LogP contribution is -2.45. The summed E-state index contributed by atoms with van der Waals surface area (Å²) in [7, 11) is 1.63. The average molecular weight is 356 g/mol. The van der Waals surface area contributed by atoms with Crippen molar-refractivity contribution >= 4 is 12.3 Å². The number of methoxy groups -OCH3 is 1. The molecule has 2 fully saturated rings. The summed E-state index contributed by atoms with van der Waals surface area (Å²) in [5, 5.41) is 0. The van der Waals surface area contributed by atoms with Crippen LogP contribution in [0.25, 0.3) is 0 Å². The lowest BCUT2D eigenvalue weighted by atomic mass is 9.55. The number of benzene rings is 1. The molecule has 1 aromatic rings. The summed E-state index contributed by atoms with van der Waals surface area (Å²) in [6.45, 7) is 3.85. The fourth-order valence-electron chi connectivity index (χ4n) is 6.23. The number of esters is 1. The van der Waals surface area contributed by atoms with E-state index in [-0.39, 0.29) is 17.5 Å². The van der Waals surface area contributed by atoms with Crippen LogP contribution in [0.2, 0.25) is 0 Å². The molecule has 140 valence electrons. The summed E-state index contributed by atoms with van der Waals surface area (Å²) in [4.78, 5) is 23.0. The van der Waals surface area contributed by atoms with Crippen LogP contribution in [0.1, 0.15) is 73.4 Å². The molecule has 0 amide bonds. The van der Waals surface area contributed by atoms with Gasteiger partial charge in [0.2, 0.25) is 0 Å². The van der Waals surface area contributed by atoms with Gasteiger partial charge in [-0.15, -0.1) is 0 Å². The summed E-state index contributed by atoms with van der Waals surface area (Å²) in [5.74, 6) is 2.26. The van der Waals surface area contributed by atoms with Gasteiger partial charge < -0.3 is 9.47 Å². The van der Waals surface area contributed by atoms with Gasteiger partial charge in [0.05, 0.1) is 12.7 Å². The lowest BCUT2D eigenvalue weighted by Gasteiger charge is -2.50. The predicted octanol–water partition coefficient (Wildman–Crippen LogP) is 4.30. The first-order valence-electron chi connectivity index (χ1n) is 9.81. The number of carbonyl (C=O) groups excluding carboxylic acids is 2. The highest BCUT2D eigenvalue weighted by molar-refractivity contribution is 5.80. The number of aldehydes is 1. The number of hydrogen-bond acceptors (Lipinski definition) is 4. The van der Waals surface area contributed by atoms with Crippen LogP contribution in [0.3, 0.4) is 0 Å². The van der Waals surface area contributed by atoms with Crippen molar-refractivity contribution in [3.8, 4) is 5.75 Å². The predicted molar refractivity (Wildman–Crippen MR) is 98.6 cm³/mol. The van der Waals surface area contributed by atoms with Crippen LogP contribution in [0.5, 0.6) is 5.75 Å². The minimum absolute atomic E-state index is 0.0637. The van der Waals surface area contributed by atoms with Gasteiger partial charge >= 0.3 is 5.97 Å². The molecule has 5 atom stereocenters. The first-order chi connectivity index (χ1) is 12.5. The second kappa shape index (κ2) is 6.40. The first-order valence-corrected chi connectivity index (χ1v) is 9.81. The third-order valence-corrected chi connectivity index (χ3v) is 7.42. The maximum absolute atomic E-state index is 11.5. The molecule has 2 saturated carbocycles. The maximum atomic E-state index is 11.5. The molecule has 0 bridgehead atoms. The molecule has 0 radical (unpaired) electrons. The topological polar surface area (TPSA) is 52.6 Å². The van der Waals surface area contributed by atoms with Crippen molar-refractivity contribution in [2.45, 2.75) is 64.4 Å². The van der Waals surface area contributed by atoms with Gasteiger partial charge in [-0.3, -0.25) is 9.59 Å². The van der Waals surface area contributed by atoms with Gasteiger partial charge in [0.25, 0.3) is 0 Å². The molecule has 0 aromatic heterocycles. The maximum Gasteiger partial charge on any atom is 0.302 e. The second-order valence-corrected chi connectivity index (χ2v) is 8.55. The summed E-state index contributed by atoms with van der Waals surface area (Å²) in [6, 6.07) is 4.14. The van der Waals surface area contributed by atoms with Crippen molar-refractivity contribution in [3.05, 3.63) is 28.8 Å². The van der Waals surface area contributed by atoms with E-state index in [9.17, 15) is 9.59 Å². The van der Waals surface area contributed by atoms with E-state index in [1.807, 2.05) is 0 Å². The van der Waals surface area contributed by atoms with Gasteiger partial charge in [-0.05, 0) is 79.5 Å². The Bertz CT molecular complexity index is 740. The van der Waals surface area contributed by atoms with Crippen molar-refractivity contribution in [1.29, 1.82) is 0 Å². The fourth-order valence-corrected chi connectivity index (χ4v) is 6.23. The van der Waals surface area contributed by atoms with E-state index in [1.165, 1.54) is 24.5 Å². The Hall–Kier alpha value is -1.84. The third-order valence-electron chi connectivity index (χ3n) is 7.42. The first kappa shape index (κ1) is 17.6. The van der Waals surface area contributed by atoms with Crippen LogP contribution in [0.4, 0.5) is 0 Å². The van der Waals surface area contributed by atoms with E-state index >= 15 is 0 Å². The van der Waals surface area contributed by atoms with Gasteiger partial charge in [0.1, 0.15) is 11.9 Å². The SMILES string of the molecule is COc1cc2c(cc1C=O)[C@H]1CC[C@]3(C)[C@@H](OC(C)=O)CC[C@H]3[C@@H]1CC2. The summed E-state index contributed by atoms with van der Waals surface area (Å²) in [6.07, 6.45) is 7.49. The van der Waals surface area contributed by atoms with Crippen molar-refractivity contribution in [2.24, 2.45) is 17.3 Å². The van der Waals surface area contributed by atoms with Gasteiger partial charge in [0.15, 0.2) is 6.29 Å². The zero-order valence-corrected chi connectivity index (χ0v) is 15.9. The van der Waals surface area contributed by atoms with Crippen molar-refractivity contribution < 1.29 is 19.1 Å². The molecule has 3 aliphatic carbocycles. The molecule has 0 saturated heterocycles. The van der Waals surface area contributed by atoms with Crippen LogP contribution >= 0.6 is 0 Å². The Morgan fingerprint density at radius 2 is 2.04 bits per heavy atom. The molecule has 0 heterocycles. The van der Waals surface area contributed by atoms with Gasteiger partial charge in [-0.1, -0.05) is 6.92 Å². The van der Waals surface area contributed by atoms with Crippen LogP contribution in [0.15, 0.2) is 12.1 Å². The lowest BCUT2D eigenvalue weighted by molar-refractivity contribution is -0.154.